The third kappa shape index (κ3) is 3.81. The van der Waals surface area contributed by atoms with E-state index in [9.17, 15) is 4.79 Å². The molecule has 0 aliphatic rings. The van der Waals surface area contributed by atoms with Crippen molar-refractivity contribution in [3.8, 4) is 0 Å². The van der Waals surface area contributed by atoms with Crippen molar-refractivity contribution in [2.75, 3.05) is 14.1 Å². The summed E-state index contributed by atoms with van der Waals surface area (Å²) in [5.74, 6) is 0.765. The van der Waals surface area contributed by atoms with Crippen LogP contribution in [0.3, 0.4) is 0 Å². The Morgan fingerprint density at radius 2 is 1.95 bits per heavy atom. The maximum atomic E-state index is 11.9. The second-order valence-corrected chi connectivity index (χ2v) is 5.67. The van der Waals surface area contributed by atoms with Crippen molar-refractivity contribution in [3.05, 3.63) is 53.3 Å². The van der Waals surface area contributed by atoms with Crippen LogP contribution in [0.2, 0.25) is 0 Å². The summed E-state index contributed by atoms with van der Waals surface area (Å²) >= 11 is 1.56. The van der Waals surface area contributed by atoms with Crippen molar-refractivity contribution in [1.82, 2.24) is 14.9 Å². The Balaban J connectivity index is 2.05. The van der Waals surface area contributed by atoms with Gasteiger partial charge < -0.3 is 4.90 Å². The maximum absolute atomic E-state index is 11.9. The van der Waals surface area contributed by atoms with E-state index in [4.69, 9.17) is 0 Å². The zero-order valence-corrected chi connectivity index (χ0v) is 12.6. The highest BCUT2D eigenvalue weighted by molar-refractivity contribution is 7.98. The van der Waals surface area contributed by atoms with Crippen molar-refractivity contribution in [1.29, 1.82) is 0 Å². The fourth-order valence-corrected chi connectivity index (χ4v) is 2.39. The number of aromatic nitrogens is 2. The average molecular weight is 287 g/mol. The molecule has 0 aliphatic heterocycles. The summed E-state index contributed by atoms with van der Waals surface area (Å²) in [6.07, 6.45) is 3.61. The summed E-state index contributed by atoms with van der Waals surface area (Å²) in [6, 6.07) is 7.67. The van der Waals surface area contributed by atoms with Crippen molar-refractivity contribution < 1.29 is 4.79 Å². The van der Waals surface area contributed by atoms with E-state index < -0.39 is 0 Å². The van der Waals surface area contributed by atoms with Gasteiger partial charge in [0, 0.05) is 37.8 Å². The highest BCUT2D eigenvalue weighted by Gasteiger charge is 2.08. The summed E-state index contributed by atoms with van der Waals surface area (Å²) < 4.78 is 0. The summed E-state index contributed by atoms with van der Waals surface area (Å²) in [7, 11) is 3.51. The SMILES string of the molecule is Cc1cnc(SCc2cccc(C(=O)N(C)C)c2)nc1. The molecule has 1 aromatic carbocycles. The number of amides is 1. The van der Waals surface area contributed by atoms with E-state index in [0.29, 0.717) is 5.56 Å². The van der Waals surface area contributed by atoms with E-state index in [0.717, 1.165) is 22.0 Å². The van der Waals surface area contributed by atoms with Crippen LogP contribution in [0.25, 0.3) is 0 Å². The van der Waals surface area contributed by atoms with Gasteiger partial charge in [-0.15, -0.1) is 0 Å². The van der Waals surface area contributed by atoms with Gasteiger partial charge in [-0.2, -0.15) is 0 Å². The number of carbonyl (C=O) groups excluding carboxylic acids is 1. The Kier molecular flexibility index (Phi) is 4.74. The standard InChI is InChI=1S/C15H17N3OS/c1-11-8-16-15(17-9-11)20-10-12-5-4-6-13(7-12)14(19)18(2)3/h4-9H,10H2,1-3H3. The van der Waals surface area contributed by atoms with Crippen LogP contribution < -0.4 is 0 Å². The minimum absolute atomic E-state index is 0.0171. The minimum Gasteiger partial charge on any atom is -0.345 e. The summed E-state index contributed by atoms with van der Waals surface area (Å²) in [6.45, 7) is 1.96. The first-order chi connectivity index (χ1) is 9.56. The molecule has 1 aromatic heterocycles. The third-order valence-corrected chi connectivity index (χ3v) is 3.65. The highest BCUT2D eigenvalue weighted by Crippen LogP contribution is 2.19. The quantitative estimate of drug-likeness (QED) is 0.641. The van der Waals surface area contributed by atoms with Gasteiger partial charge in [-0.05, 0) is 30.2 Å². The lowest BCUT2D eigenvalue weighted by molar-refractivity contribution is 0.0827. The lowest BCUT2D eigenvalue weighted by Crippen LogP contribution is -2.21. The van der Waals surface area contributed by atoms with Gasteiger partial charge in [0.2, 0.25) is 0 Å². The van der Waals surface area contributed by atoms with Gasteiger partial charge in [-0.1, -0.05) is 23.9 Å². The second kappa shape index (κ2) is 6.52. The number of thioether (sulfide) groups is 1. The molecule has 0 saturated heterocycles. The number of hydrogen-bond acceptors (Lipinski definition) is 4. The summed E-state index contributed by atoms with van der Waals surface area (Å²) in [5, 5.41) is 0.750. The van der Waals surface area contributed by atoms with Gasteiger partial charge in [0.25, 0.3) is 5.91 Å². The molecule has 0 bridgehead atoms. The van der Waals surface area contributed by atoms with Crippen molar-refractivity contribution in [2.45, 2.75) is 17.8 Å². The largest absolute Gasteiger partial charge is 0.345 e. The van der Waals surface area contributed by atoms with Gasteiger partial charge in [-0.25, -0.2) is 9.97 Å². The topological polar surface area (TPSA) is 46.1 Å². The molecule has 0 N–H and O–H groups in total. The molecular formula is C15H17N3OS. The van der Waals surface area contributed by atoms with Crippen LogP contribution in [0.15, 0.2) is 41.8 Å². The predicted octanol–water partition coefficient (Wildman–Crippen LogP) is 2.78. The lowest BCUT2D eigenvalue weighted by atomic mass is 10.1. The Hall–Kier alpha value is -1.88. The Bertz CT molecular complexity index is 596. The molecule has 0 fully saturated rings. The molecule has 0 aliphatic carbocycles. The summed E-state index contributed by atoms with van der Waals surface area (Å²) in [5.41, 5.74) is 2.85. The fraction of sp³-hybridized carbons (Fsp3) is 0.267. The van der Waals surface area contributed by atoms with Crippen molar-refractivity contribution in [2.24, 2.45) is 0 Å². The molecule has 0 radical (unpaired) electrons. The average Bonchev–Trinajstić information content (AvgIpc) is 2.46. The van der Waals surface area contributed by atoms with Crippen LogP contribution in [0.4, 0.5) is 0 Å². The molecular weight excluding hydrogens is 270 g/mol. The van der Waals surface area contributed by atoms with Crippen molar-refractivity contribution >= 4 is 17.7 Å². The Labute approximate surface area is 123 Å². The first-order valence-corrected chi connectivity index (χ1v) is 7.27. The van der Waals surface area contributed by atoms with Crippen LogP contribution in [-0.2, 0) is 5.75 Å². The van der Waals surface area contributed by atoms with Gasteiger partial charge in [0.15, 0.2) is 5.16 Å². The van der Waals surface area contributed by atoms with Crippen LogP contribution in [-0.4, -0.2) is 34.9 Å². The van der Waals surface area contributed by atoms with E-state index in [2.05, 4.69) is 9.97 Å². The second-order valence-electron chi connectivity index (χ2n) is 4.73. The van der Waals surface area contributed by atoms with Crippen LogP contribution in [0, 0.1) is 6.92 Å². The number of aryl methyl sites for hydroxylation is 1. The Morgan fingerprint density at radius 3 is 2.60 bits per heavy atom. The van der Waals surface area contributed by atoms with Gasteiger partial charge in [0.05, 0.1) is 0 Å². The van der Waals surface area contributed by atoms with E-state index in [-0.39, 0.29) is 5.91 Å². The number of rotatable bonds is 4. The molecule has 4 nitrogen and oxygen atoms in total. The van der Waals surface area contributed by atoms with E-state index >= 15 is 0 Å². The Morgan fingerprint density at radius 1 is 1.25 bits per heavy atom. The van der Waals surface area contributed by atoms with Crippen LogP contribution >= 0.6 is 11.8 Å². The molecule has 0 spiro atoms. The minimum atomic E-state index is 0.0171. The van der Waals surface area contributed by atoms with Crippen LogP contribution in [0.1, 0.15) is 21.5 Å². The maximum Gasteiger partial charge on any atom is 0.253 e. The third-order valence-electron chi connectivity index (χ3n) is 2.71. The predicted molar refractivity (Wildman–Crippen MR) is 80.8 cm³/mol. The van der Waals surface area contributed by atoms with E-state index in [1.54, 1.807) is 43.2 Å². The number of carbonyl (C=O) groups is 1. The zero-order valence-electron chi connectivity index (χ0n) is 11.8. The molecule has 2 rings (SSSR count). The molecule has 0 saturated carbocycles. The summed E-state index contributed by atoms with van der Waals surface area (Å²) in [4.78, 5) is 22.0. The molecule has 1 amide bonds. The molecule has 1 heterocycles. The molecule has 2 aromatic rings. The smallest absolute Gasteiger partial charge is 0.253 e. The molecule has 5 heteroatoms. The molecule has 0 unspecified atom stereocenters. The monoisotopic (exact) mass is 287 g/mol. The van der Waals surface area contributed by atoms with Crippen molar-refractivity contribution in [3.63, 3.8) is 0 Å². The number of benzene rings is 1. The zero-order chi connectivity index (χ0) is 14.5. The van der Waals surface area contributed by atoms with E-state index in [1.807, 2.05) is 31.2 Å². The van der Waals surface area contributed by atoms with E-state index in [1.165, 1.54) is 0 Å². The molecule has 104 valence electrons. The first-order valence-electron chi connectivity index (χ1n) is 6.28. The lowest BCUT2D eigenvalue weighted by Gasteiger charge is -2.11. The first kappa shape index (κ1) is 14.5. The molecule has 0 atom stereocenters. The fourth-order valence-electron chi connectivity index (χ4n) is 1.66. The molecule has 20 heavy (non-hydrogen) atoms. The number of nitrogens with zero attached hydrogens (tertiary/aromatic N) is 3. The number of hydrogen-bond donors (Lipinski definition) is 0. The van der Waals surface area contributed by atoms with Gasteiger partial charge in [0.1, 0.15) is 0 Å². The normalized spacial score (nSPS) is 10.3. The highest BCUT2D eigenvalue weighted by atomic mass is 32.2. The van der Waals surface area contributed by atoms with Crippen LogP contribution in [0.5, 0.6) is 0 Å². The van der Waals surface area contributed by atoms with Gasteiger partial charge in [-0.3, -0.25) is 4.79 Å². The van der Waals surface area contributed by atoms with Gasteiger partial charge >= 0.3 is 0 Å².